The molecule has 3 unspecified atom stereocenters. The molecule has 0 radical (unpaired) electrons. The van der Waals surface area contributed by atoms with E-state index in [9.17, 15) is 52.6 Å². The number of aromatic carboxylic acids is 1. The summed E-state index contributed by atoms with van der Waals surface area (Å²) in [5.41, 5.74) is 22.1. The highest BCUT2D eigenvalue weighted by molar-refractivity contribution is 8.77. The van der Waals surface area contributed by atoms with E-state index in [0.717, 1.165) is 17.4 Å². The maximum absolute atomic E-state index is 13.3. The van der Waals surface area contributed by atoms with Crippen molar-refractivity contribution in [2.24, 2.45) is 5.11 Å². The Morgan fingerprint density at radius 1 is 0.892 bits per heavy atom. The molecule has 3 aromatic rings. The number of carbonyl (C=O) groups is 4. The number of rotatable bonds is 38. The molecule has 1 aromatic heterocycles. The molecule has 3 amide bonds. The number of nitrogens with zero attached hydrogens (tertiary/aromatic N) is 5. The van der Waals surface area contributed by atoms with E-state index < -0.39 is 78.8 Å². The summed E-state index contributed by atoms with van der Waals surface area (Å²) in [6, 6.07) is 13.7. The quantitative estimate of drug-likeness (QED) is 0.00171. The third-order valence-electron chi connectivity index (χ3n) is 13.0. The zero-order valence-corrected chi connectivity index (χ0v) is 54.4. The molecule has 0 saturated carbocycles. The van der Waals surface area contributed by atoms with Crippen molar-refractivity contribution in [3.63, 3.8) is 0 Å². The minimum absolute atomic E-state index is 0.0255. The number of aromatic nitrogens is 2. The van der Waals surface area contributed by atoms with Crippen LogP contribution in [0.4, 0.5) is 16.3 Å². The smallest absolute Gasteiger partial charge is 0.478 e. The molecule has 3 heterocycles. The fourth-order valence-electron chi connectivity index (χ4n) is 8.70. The summed E-state index contributed by atoms with van der Waals surface area (Å²) in [6.45, 7) is 4.78. The van der Waals surface area contributed by atoms with E-state index in [1.165, 1.54) is 30.5 Å². The maximum Gasteiger partial charge on any atom is 0.490 e. The molecule has 5 atom stereocenters. The fourth-order valence-corrected chi connectivity index (χ4v) is 14.0. The summed E-state index contributed by atoms with van der Waals surface area (Å²) in [6.07, 6.45) is 0.767. The number of urea groups is 1. The van der Waals surface area contributed by atoms with Crippen molar-refractivity contribution in [2.45, 2.75) is 82.0 Å². The second kappa shape index (κ2) is 36.1. The average molecular weight is 1400 g/mol. The molecule has 1 saturated heterocycles. The Labute approximate surface area is 538 Å². The number of unbranched alkanes of at least 4 members (excludes halogenated alkanes) is 2. The molecule has 39 heteroatoms. The van der Waals surface area contributed by atoms with Crippen LogP contribution in [-0.4, -0.2) is 154 Å². The third-order valence-corrected chi connectivity index (χ3v) is 19.8. The van der Waals surface area contributed by atoms with Gasteiger partial charge in [0.05, 0.1) is 62.2 Å². The zero-order valence-electron chi connectivity index (χ0n) is 50.1. The lowest BCUT2D eigenvalue weighted by Gasteiger charge is -2.22. The summed E-state index contributed by atoms with van der Waals surface area (Å²) in [5.74, 6) is 3.97. The van der Waals surface area contributed by atoms with E-state index in [-0.39, 0.29) is 90.9 Å². The number of nitrogens with two attached hydrogens (primary N) is 2. The molecule has 93 heavy (non-hydrogen) atoms. The van der Waals surface area contributed by atoms with Crippen molar-refractivity contribution in [3.05, 3.63) is 104 Å². The summed E-state index contributed by atoms with van der Waals surface area (Å²) in [7, 11) is -13.9. The average Bonchev–Trinajstić information content (AvgIpc) is 1.21. The van der Waals surface area contributed by atoms with E-state index in [1.54, 1.807) is 51.9 Å². The van der Waals surface area contributed by atoms with E-state index >= 15 is 0 Å². The molecule has 3 aliphatic rings. The number of nitrogens with one attached hydrogen (secondary N) is 4. The summed E-state index contributed by atoms with van der Waals surface area (Å²) in [4.78, 5) is 106. The number of carboxylic acids is 1. The van der Waals surface area contributed by atoms with Crippen LogP contribution in [-0.2, 0) is 60.1 Å². The molecule has 2 aromatic carbocycles. The normalized spacial score (nSPS) is 16.1. The number of phosphoric acid groups is 3. The Balaban J connectivity index is 0.766. The molecule has 13 N–H and O–H groups in total. The lowest BCUT2D eigenvalue weighted by molar-refractivity contribution is -0.144. The third kappa shape index (κ3) is 25.4. The number of benzene rings is 3. The molecule has 0 bridgehead atoms. The van der Waals surface area contributed by atoms with Crippen LogP contribution in [0.5, 0.6) is 0 Å². The molecule has 1 aliphatic carbocycles. The van der Waals surface area contributed by atoms with Crippen LogP contribution in [0.3, 0.4) is 0 Å². The number of ether oxygens (including phenoxy) is 6. The number of nitrogen functional groups attached to an aromatic ring is 2. The van der Waals surface area contributed by atoms with Gasteiger partial charge in [0.15, 0.2) is 0 Å². The number of esters is 1. The number of phosphoric ester groups is 1. The van der Waals surface area contributed by atoms with E-state index in [4.69, 9.17) is 65.0 Å². The first kappa shape index (κ1) is 75.1. The number of fused-ring (bicyclic) bond motifs is 2. The second-order valence-electron chi connectivity index (χ2n) is 20.6. The van der Waals surface area contributed by atoms with Crippen LogP contribution in [0.2, 0.25) is 0 Å². The number of carbonyl (C=O) groups excluding carboxylic acids is 3. The van der Waals surface area contributed by atoms with Gasteiger partial charge in [0, 0.05) is 94.9 Å². The number of anilines is 2. The monoisotopic (exact) mass is 1400 g/mol. The summed E-state index contributed by atoms with van der Waals surface area (Å²) < 4.78 is 87.4. The minimum atomic E-state index is -5.82. The highest BCUT2D eigenvalue weighted by Gasteiger charge is 2.44. The van der Waals surface area contributed by atoms with E-state index in [0.29, 0.717) is 84.1 Å². The number of hydrogen-bond donors (Lipinski definition) is 11. The lowest BCUT2D eigenvalue weighted by atomic mass is 9.89. The van der Waals surface area contributed by atoms with Crippen LogP contribution in [0.15, 0.2) is 75.1 Å². The van der Waals surface area contributed by atoms with Gasteiger partial charge in [-0.15, -0.1) is 0 Å². The molecule has 1 fully saturated rings. The first-order valence-electron chi connectivity index (χ1n) is 28.2. The van der Waals surface area contributed by atoms with Gasteiger partial charge < -0.3 is 90.3 Å². The topological polar surface area (TPSA) is 512 Å². The largest absolute Gasteiger partial charge is 0.490 e. The van der Waals surface area contributed by atoms with Crippen molar-refractivity contribution in [1.29, 1.82) is 5.41 Å². The van der Waals surface area contributed by atoms with Gasteiger partial charge in [-0.25, -0.2) is 28.1 Å². The Hall–Kier alpha value is -6.93. The number of hydrogen-bond acceptors (Lipinski definition) is 25. The van der Waals surface area contributed by atoms with Gasteiger partial charge in [0.25, 0.3) is 5.91 Å². The van der Waals surface area contributed by atoms with Gasteiger partial charge in [-0.05, 0) is 99.5 Å². The van der Waals surface area contributed by atoms with Gasteiger partial charge >= 0.3 is 47.1 Å². The van der Waals surface area contributed by atoms with Crippen molar-refractivity contribution in [1.82, 2.24) is 25.5 Å². The van der Waals surface area contributed by atoms with Crippen LogP contribution < -0.4 is 38.5 Å². The Kier molecular flexibility index (Phi) is 29.1. The van der Waals surface area contributed by atoms with Crippen molar-refractivity contribution < 1.29 is 104 Å². The van der Waals surface area contributed by atoms with Crippen LogP contribution in [0, 0.1) is 17.3 Å². The first-order valence-corrected chi connectivity index (χ1v) is 35.1. The van der Waals surface area contributed by atoms with E-state index in [2.05, 4.69) is 55.9 Å². The van der Waals surface area contributed by atoms with Crippen molar-refractivity contribution in [2.75, 3.05) is 90.0 Å². The molecule has 0 spiro atoms. The van der Waals surface area contributed by atoms with Crippen molar-refractivity contribution >= 4 is 91.4 Å². The van der Waals surface area contributed by atoms with Crippen LogP contribution in [0.1, 0.15) is 91.3 Å². The molecular formula is C54H70N11O23P3S2. The Bertz CT molecular complexity index is 3790. The highest BCUT2D eigenvalue weighted by atomic mass is 33.1. The highest BCUT2D eigenvalue weighted by Crippen LogP contribution is 2.66. The Morgan fingerprint density at radius 2 is 1.66 bits per heavy atom. The van der Waals surface area contributed by atoms with Crippen LogP contribution in [0.25, 0.3) is 43.9 Å². The number of azide groups is 1. The molecule has 34 nitrogen and oxygen atoms in total. The van der Waals surface area contributed by atoms with Gasteiger partial charge in [-0.3, -0.25) is 18.7 Å². The SMILES string of the molecule is CC(C)(CCOC(=O)CCCOCCOCCNC(=O)c1ccc(C(=O)O)c(-c2c3ccc(=N)cc-3oc3cc(N)ccc23)c1)SSCOCCCCCNC(=O)NCC#Cc1cn([C@H]2CC(OCN=[N+]=[N-])[C@@H](COP(=O)(O)OP(=O)(O)OP(=O)(O)O)O2)c(=O)nc1N. The Morgan fingerprint density at radius 3 is 2.41 bits per heavy atom. The van der Waals surface area contributed by atoms with Crippen molar-refractivity contribution in [3.8, 4) is 34.3 Å². The number of amides is 3. The zero-order chi connectivity index (χ0) is 67.8. The fraction of sp³-hybridized carbons (Fsp3) is 0.463. The second-order valence-corrected chi connectivity index (χ2v) is 27.9. The minimum Gasteiger partial charge on any atom is -0.478 e. The van der Waals surface area contributed by atoms with Gasteiger partial charge in [-0.1, -0.05) is 38.5 Å². The summed E-state index contributed by atoms with van der Waals surface area (Å²) in [5, 5.41) is 30.3. The standard InChI is InChI=1S/C54H70N11O23P3S2/c1-54(2,16-22-82-47(66)9-7-21-79-24-25-80-23-19-59-50(67)34-10-13-38(51(68)69)41(26-34)48-39-14-11-36(55)27-42(39)85-43-28-37(56)12-15-40(43)48)93-92-33-81-20-5-3-4-17-60-52(70)61-18-6-8-35-30-65(53(71)63-49(35)57)46-29-44(83-32-62-64-58)45(86-46)31-84-90(75,76)88-91(77,78)87-89(72,73)74/h10-15,26-28,30,44-46,55H,3-5,7,9,16-25,29,31-33,56H2,1-2H3,(H,59,67)(H,68,69)(H,75,76)(H,77,78)(H2,57,63,71)(H2,60,61,70)(H2,72,73,74)/t44?,45-,46-/m1/s1. The number of carboxylic acid groups (broad SMARTS) is 1. The van der Waals surface area contributed by atoms with Gasteiger partial charge in [0.2, 0.25) is 0 Å². The first-order chi connectivity index (χ1) is 44.1. The lowest BCUT2D eigenvalue weighted by Crippen LogP contribution is -2.36. The molecule has 506 valence electrons. The van der Waals surface area contributed by atoms with Crippen LogP contribution >= 0.6 is 45.1 Å². The maximum atomic E-state index is 13.3. The molecule has 2 aliphatic heterocycles. The van der Waals surface area contributed by atoms with Gasteiger partial charge in [-0.2, -0.15) is 13.6 Å². The predicted octanol–water partition coefficient (Wildman–Crippen LogP) is 6.52. The predicted molar refractivity (Wildman–Crippen MR) is 337 cm³/mol. The molecule has 6 rings (SSSR count). The van der Waals surface area contributed by atoms with E-state index in [1.807, 2.05) is 13.8 Å². The van der Waals surface area contributed by atoms with Gasteiger partial charge in [0.1, 0.15) is 42.2 Å². The molecular weight excluding hydrogens is 1330 g/mol. The summed E-state index contributed by atoms with van der Waals surface area (Å²) >= 11 is 0.